The molecule has 3 atom stereocenters. The predicted molar refractivity (Wildman–Crippen MR) is 168 cm³/mol. The van der Waals surface area contributed by atoms with E-state index in [1.807, 2.05) is 0 Å². The Morgan fingerprint density at radius 3 is 2.65 bits per heavy atom. The number of aromatic carboxylic acids is 1. The minimum atomic E-state index is -1.13. The van der Waals surface area contributed by atoms with Crippen molar-refractivity contribution in [3.8, 4) is 22.5 Å². The van der Waals surface area contributed by atoms with Gasteiger partial charge in [-0.15, -0.1) is 0 Å². The number of hydroxylamine groups is 2. The quantitative estimate of drug-likeness (QED) is 0.0693. The third-order valence-electron chi connectivity index (χ3n) is 8.45. The summed E-state index contributed by atoms with van der Waals surface area (Å²) in [6, 6.07) is 14.3. The van der Waals surface area contributed by atoms with Crippen molar-refractivity contribution < 1.29 is 38.3 Å². The first-order chi connectivity index (χ1) is 22.1. The maximum absolute atomic E-state index is 12.8. The third-order valence-corrected chi connectivity index (χ3v) is 8.45. The van der Waals surface area contributed by atoms with Gasteiger partial charge in [0, 0.05) is 59.9 Å². The Bertz CT molecular complexity index is 1870. The Hall–Kier alpha value is -5.07. The number of hydrogen-bond donors (Lipinski definition) is 3. The standard InChI is InChI=1S/C34H34N4O8/c1-19(40)37(14-4-2-3-5-31(41)46-38-23(18-39)9-13-28-33(38)45-28)22-8-12-24(34(42)43)27(17-22)32-25-10-6-20(35)15-29(25)44-30-16-21(36)7-11-26(30)32/h6-8,10-12,15-18,23,28,33,35H,2-5,9,13-14,36H2,1H3,(H,42,43). The molecule has 0 aromatic heterocycles. The van der Waals surface area contributed by atoms with Crippen LogP contribution in [-0.2, 0) is 24.0 Å². The van der Waals surface area contributed by atoms with Crippen LogP contribution in [0.15, 0.2) is 59.0 Å². The smallest absolute Gasteiger partial charge is 0.336 e. The van der Waals surface area contributed by atoms with Crippen LogP contribution in [-0.4, -0.2) is 59.2 Å². The van der Waals surface area contributed by atoms with Gasteiger partial charge in [-0.25, -0.2) is 4.79 Å². The number of nitrogens with one attached hydrogen (secondary N) is 1. The van der Waals surface area contributed by atoms with E-state index in [9.17, 15) is 24.3 Å². The Morgan fingerprint density at radius 1 is 1.07 bits per heavy atom. The van der Waals surface area contributed by atoms with Crippen molar-refractivity contribution >= 4 is 46.5 Å². The van der Waals surface area contributed by atoms with E-state index in [1.54, 1.807) is 53.4 Å². The summed E-state index contributed by atoms with van der Waals surface area (Å²) in [6.45, 7) is 1.79. The number of benzene rings is 3. The van der Waals surface area contributed by atoms with E-state index < -0.39 is 18.0 Å². The fourth-order valence-electron chi connectivity index (χ4n) is 6.10. The monoisotopic (exact) mass is 626 g/mol. The molecule has 0 bridgehead atoms. The third kappa shape index (κ3) is 6.22. The van der Waals surface area contributed by atoms with Gasteiger partial charge in [0.05, 0.1) is 10.9 Å². The number of carbonyl (C=O) groups excluding carboxylic acids is 3. The van der Waals surface area contributed by atoms with Crippen molar-refractivity contribution in [3.63, 3.8) is 0 Å². The van der Waals surface area contributed by atoms with Crippen molar-refractivity contribution in [1.82, 2.24) is 5.06 Å². The van der Waals surface area contributed by atoms with Gasteiger partial charge in [-0.05, 0) is 73.7 Å². The van der Waals surface area contributed by atoms with Gasteiger partial charge in [-0.1, -0.05) is 11.5 Å². The summed E-state index contributed by atoms with van der Waals surface area (Å²) in [7, 11) is 0. The molecule has 3 unspecified atom stereocenters. The first-order valence-corrected chi connectivity index (χ1v) is 15.2. The number of anilines is 2. The summed E-state index contributed by atoms with van der Waals surface area (Å²) < 4.78 is 11.5. The maximum Gasteiger partial charge on any atom is 0.336 e. The highest BCUT2D eigenvalue weighted by Gasteiger charge is 2.52. The second kappa shape index (κ2) is 12.7. The zero-order chi connectivity index (χ0) is 32.5. The van der Waals surface area contributed by atoms with Gasteiger partial charge in [-0.2, -0.15) is 0 Å². The molecule has 3 heterocycles. The van der Waals surface area contributed by atoms with Crippen LogP contribution >= 0.6 is 0 Å². The van der Waals surface area contributed by atoms with Crippen LogP contribution < -0.4 is 16.0 Å². The number of ether oxygens (including phenoxy) is 1. The number of aldehydes is 1. The number of amides is 1. The molecular formula is C34H34N4O8. The van der Waals surface area contributed by atoms with E-state index in [0.717, 1.165) is 12.7 Å². The summed E-state index contributed by atoms with van der Waals surface area (Å²) in [5, 5.41) is 20.5. The molecular weight excluding hydrogens is 592 g/mol. The number of nitrogens with two attached hydrogens (primary N) is 1. The molecule has 2 saturated heterocycles. The number of nitrogen functional groups attached to an aromatic ring is 1. The Kier molecular flexibility index (Phi) is 8.57. The van der Waals surface area contributed by atoms with Gasteiger partial charge in [0.1, 0.15) is 29.8 Å². The zero-order valence-corrected chi connectivity index (χ0v) is 25.2. The van der Waals surface area contributed by atoms with Gasteiger partial charge in [0.15, 0.2) is 6.23 Å². The number of nitrogens with zero attached hydrogens (tertiary/aromatic N) is 2. The SMILES string of the molecule is CC(=O)N(CCCCCC(=O)ON1C(C=O)CCC2OC21)c1ccc(C(=O)O)c(-c2c3ccc(=N)cc-3oc3cc(N)ccc23)c1. The fraction of sp³-hybridized carbons (Fsp3) is 0.324. The van der Waals surface area contributed by atoms with Gasteiger partial charge >= 0.3 is 11.9 Å². The number of rotatable bonds is 11. The topological polar surface area (TPSA) is 180 Å². The number of carboxylic acid groups (broad SMARTS) is 1. The van der Waals surface area contributed by atoms with Crippen LogP contribution in [0.2, 0.25) is 0 Å². The lowest BCUT2D eigenvalue weighted by atomic mass is 9.90. The van der Waals surface area contributed by atoms with Crippen molar-refractivity contribution in [1.29, 1.82) is 5.41 Å². The number of carboxylic acids is 1. The Morgan fingerprint density at radius 2 is 1.89 bits per heavy atom. The molecule has 0 spiro atoms. The average Bonchev–Trinajstić information content (AvgIpc) is 3.81. The molecule has 46 heavy (non-hydrogen) atoms. The lowest BCUT2D eigenvalue weighted by Gasteiger charge is -2.27. The van der Waals surface area contributed by atoms with Gasteiger partial charge in [-0.3, -0.25) is 9.59 Å². The second-order valence-electron chi connectivity index (χ2n) is 11.6. The van der Waals surface area contributed by atoms with E-state index in [2.05, 4.69) is 0 Å². The number of fused-ring (bicyclic) bond motifs is 3. The minimum absolute atomic E-state index is 0.0101. The van der Waals surface area contributed by atoms with Gasteiger partial charge < -0.3 is 39.9 Å². The highest BCUT2D eigenvalue weighted by atomic mass is 16.8. The summed E-state index contributed by atoms with van der Waals surface area (Å²) >= 11 is 0. The lowest BCUT2D eigenvalue weighted by molar-refractivity contribution is -0.214. The summed E-state index contributed by atoms with van der Waals surface area (Å²) in [4.78, 5) is 56.2. The van der Waals surface area contributed by atoms with Crippen molar-refractivity contribution in [2.45, 2.75) is 63.8 Å². The highest BCUT2D eigenvalue weighted by molar-refractivity contribution is 6.09. The van der Waals surface area contributed by atoms with Crippen LogP contribution in [0.4, 0.5) is 11.4 Å². The van der Waals surface area contributed by atoms with E-state index in [4.69, 9.17) is 25.1 Å². The van der Waals surface area contributed by atoms with Crippen LogP contribution in [0.5, 0.6) is 0 Å². The number of piperidine rings is 1. The first kappa shape index (κ1) is 30.9. The van der Waals surface area contributed by atoms with Crippen molar-refractivity contribution in [2.75, 3.05) is 17.2 Å². The maximum atomic E-state index is 12.8. The molecule has 2 aromatic carbocycles. The Labute approximate surface area is 264 Å². The minimum Gasteiger partial charge on any atom is -0.478 e. The molecule has 1 amide bonds. The van der Waals surface area contributed by atoms with E-state index >= 15 is 0 Å². The van der Waals surface area contributed by atoms with E-state index in [-0.39, 0.29) is 35.6 Å². The predicted octanol–water partition coefficient (Wildman–Crippen LogP) is 4.72. The van der Waals surface area contributed by atoms with E-state index in [0.29, 0.717) is 77.0 Å². The molecule has 238 valence electrons. The van der Waals surface area contributed by atoms with Crippen molar-refractivity contribution in [3.05, 3.63) is 65.5 Å². The molecule has 0 saturated carbocycles. The van der Waals surface area contributed by atoms with E-state index in [1.165, 1.54) is 18.1 Å². The largest absolute Gasteiger partial charge is 0.478 e. The molecule has 4 N–H and O–H groups in total. The lowest BCUT2D eigenvalue weighted by Crippen LogP contribution is -2.44. The molecule has 3 aliphatic heterocycles. The summed E-state index contributed by atoms with van der Waals surface area (Å²) in [5.74, 6) is -1.39. The second-order valence-corrected chi connectivity index (χ2v) is 11.6. The van der Waals surface area contributed by atoms with Gasteiger partial charge in [0.2, 0.25) is 5.91 Å². The molecule has 4 aliphatic rings. The number of epoxide rings is 1. The molecule has 12 nitrogen and oxygen atoms in total. The molecule has 2 aromatic rings. The van der Waals surface area contributed by atoms with Crippen LogP contribution in [0.25, 0.3) is 33.4 Å². The van der Waals surface area contributed by atoms with Crippen LogP contribution in [0.1, 0.15) is 55.8 Å². The Balaban J connectivity index is 1.21. The van der Waals surface area contributed by atoms with Crippen LogP contribution in [0.3, 0.4) is 0 Å². The zero-order valence-electron chi connectivity index (χ0n) is 25.2. The molecule has 0 radical (unpaired) electrons. The first-order valence-electron chi connectivity index (χ1n) is 15.2. The highest BCUT2D eigenvalue weighted by Crippen LogP contribution is 2.43. The van der Waals surface area contributed by atoms with Gasteiger partial charge in [0.25, 0.3) is 0 Å². The fourth-order valence-corrected chi connectivity index (χ4v) is 6.10. The number of carbonyl (C=O) groups is 4. The molecule has 2 fully saturated rings. The van der Waals surface area contributed by atoms with Crippen LogP contribution in [0, 0.1) is 5.41 Å². The average molecular weight is 627 g/mol. The normalized spacial score (nSPS) is 19.0. The molecule has 6 rings (SSSR count). The number of hydrogen-bond acceptors (Lipinski definition) is 10. The molecule has 1 aliphatic carbocycles. The molecule has 12 heteroatoms. The summed E-state index contributed by atoms with van der Waals surface area (Å²) in [6.07, 6.45) is 3.68. The number of unbranched alkanes of at least 4 members (excludes halogenated alkanes) is 2. The van der Waals surface area contributed by atoms with Crippen molar-refractivity contribution in [2.24, 2.45) is 0 Å². The summed E-state index contributed by atoms with van der Waals surface area (Å²) in [5.41, 5.74) is 9.08.